The van der Waals surface area contributed by atoms with Crippen molar-refractivity contribution in [1.82, 2.24) is 10.6 Å². The first-order chi connectivity index (χ1) is 13.2. The maximum atomic E-state index is 13.3. The number of benzene rings is 2. The second kappa shape index (κ2) is 12.3. The number of nitrogens with one attached hydrogen (secondary N) is 2. The molecule has 4 nitrogen and oxygen atoms in total. The van der Waals surface area contributed by atoms with Crippen molar-refractivity contribution in [1.29, 1.82) is 0 Å². The smallest absolute Gasteiger partial charge is 0.194 e. The van der Waals surface area contributed by atoms with E-state index in [0.717, 1.165) is 39.0 Å². The fourth-order valence-corrected chi connectivity index (χ4v) is 3.00. The van der Waals surface area contributed by atoms with E-state index < -0.39 is 17.3 Å². The van der Waals surface area contributed by atoms with Gasteiger partial charge in [-0.15, -0.1) is 0 Å². The van der Waals surface area contributed by atoms with Crippen LogP contribution in [0, 0.1) is 5.82 Å². The summed E-state index contributed by atoms with van der Waals surface area (Å²) in [7, 11) is 0. The van der Waals surface area contributed by atoms with Crippen LogP contribution in [0.15, 0.2) is 42.5 Å². The Kier molecular flexibility index (Phi) is 9.66. The first-order valence-corrected chi connectivity index (χ1v) is 9.82. The molecule has 2 aromatic carbocycles. The molecule has 0 spiro atoms. The van der Waals surface area contributed by atoms with Crippen molar-refractivity contribution < 1.29 is 14.6 Å². The van der Waals surface area contributed by atoms with Crippen molar-refractivity contribution in [3.8, 4) is 11.5 Å². The second-order valence-electron chi connectivity index (χ2n) is 6.85. The predicted molar refractivity (Wildman–Crippen MR) is 108 cm³/mol. The summed E-state index contributed by atoms with van der Waals surface area (Å²) in [6.07, 6.45) is 6.43. The van der Waals surface area contributed by atoms with Crippen LogP contribution in [0.25, 0.3) is 0 Å². The van der Waals surface area contributed by atoms with E-state index in [1.165, 1.54) is 37.0 Å². The minimum Gasteiger partial charge on any atom is -0.504 e. The van der Waals surface area contributed by atoms with Gasteiger partial charge in [-0.2, -0.15) is 0 Å². The predicted octanol–water partition coefficient (Wildman–Crippen LogP) is 3.76. The van der Waals surface area contributed by atoms with E-state index >= 15 is 0 Å². The summed E-state index contributed by atoms with van der Waals surface area (Å²) < 4.78 is 13.3. The molecule has 0 amide bonds. The van der Waals surface area contributed by atoms with Crippen LogP contribution in [-0.2, 0) is 12.8 Å². The number of halogens is 1. The molecule has 0 saturated heterocycles. The van der Waals surface area contributed by atoms with Crippen LogP contribution in [0.1, 0.15) is 36.8 Å². The number of phenolic OH excluding ortho intramolecular Hbond substituents is 2. The van der Waals surface area contributed by atoms with Gasteiger partial charge < -0.3 is 20.8 Å². The van der Waals surface area contributed by atoms with Gasteiger partial charge in [0.05, 0.1) is 0 Å². The van der Waals surface area contributed by atoms with Crippen molar-refractivity contribution in [3.05, 3.63) is 59.4 Å². The summed E-state index contributed by atoms with van der Waals surface area (Å²) in [4.78, 5) is 0. The third-order valence-corrected chi connectivity index (χ3v) is 4.58. The monoisotopic (exact) mass is 374 g/mol. The highest BCUT2D eigenvalue weighted by atomic mass is 19.1. The van der Waals surface area contributed by atoms with Gasteiger partial charge in [0.25, 0.3) is 0 Å². The topological polar surface area (TPSA) is 64.5 Å². The van der Waals surface area contributed by atoms with Gasteiger partial charge in [-0.25, -0.2) is 4.39 Å². The Morgan fingerprint density at radius 3 is 1.89 bits per heavy atom. The Labute approximate surface area is 161 Å². The summed E-state index contributed by atoms with van der Waals surface area (Å²) in [5.74, 6) is -1.86. The summed E-state index contributed by atoms with van der Waals surface area (Å²) >= 11 is 0. The van der Waals surface area contributed by atoms with E-state index in [2.05, 4.69) is 34.9 Å². The number of rotatable bonds is 13. The summed E-state index contributed by atoms with van der Waals surface area (Å²) in [6.45, 7) is 3.76. The minimum atomic E-state index is -0.776. The van der Waals surface area contributed by atoms with Crippen LogP contribution in [0.2, 0.25) is 0 Å². The Morgan fingerprint density at radius 2 is 1.30 bits per heavy atom. The molecule has 148 valence electrons. The molecule has 0 aliphatic rings. The molecule has 0 unspecified atom stereocenters. The Bertz CT molecular complexity index is 642. The zero-order valence-corrected chi connectivity index (χ0v) is 15.9. The first-order valence-electron chi connectivity index (χ1n) is 9.82. The molecule has 5 heteroatoms. The van der Waals surface area contributed by atoms with Gasteiger partial charge in [0.15, 0.2) is 17.3 Å². The number of hydrogen-bond donors (Lipinski definition) is 4. The van der Waals surface area contributed by atoms with E-state index in [0.29, 0.717) is 12.0 Å². The lowest BCUT2D eigenvalue weighted by Crippen LogP contribution is -2.19. The molecule has 4 N–H and O–H groups in total. The van der Waals surface area contributed by atoms with E-state index in [1.54, 1.807) is 0 Å². The molecule has 0 aromatic heterocycles. The molecule has 27 heavy (non-hydrogen) atoms. The zero-order valence-electron chi connectivity index (χ0n) is 15.9. The van der Waals surface area contributed by atoms with Gasteiger partial charge in [0.1, 0.15) is 0 Å². The van der Waals surface area contributed by atoms with Crippen molar-refractivity contribution in [3.63, 3.8) is 0 Å². The van der Waals surface area contributed by atoms with Gasteiger partial charge in [0, 0.05) is 0 Å². The summed E-state index contributed by atoms with van der Waals surface area (Å²) in [5.41, 5.74) is 2.05. The minimum absolute atomic E-state index is 0.401. The molecule has 2 rings (SSSR count). The summed E-state index contributed by atoms with van der Waals surface area (Å²) in [5, 5.41) is 25.4. The highest BCUT2D eigenvalue weighted by molar-refractivity contribution is 5.42. The molecule has 0 atom stereocenters. The van der Waals surface area contributed by atoms with E-state index in [-0.39, 0.29) is 0 Å². The third-order valence-electron chi connectivity index (χ3n) is 4.58. The number of unbranched alkanes of at least 4 members (excludes halogenated alkanes) is 3. The molecule has 0 fully saturated rings. The van der Waals surface area contributed by atoms with Crippen LogP contribution in [0.3, 0.4) is 0 Å². The van der Waals surface area contributed by atoms with Gasteiger partial charge >= 0.3 is 0 Å². The molecule has 0 radical (unpaired) electrons. The average molecular weight is 374 g/mol. The van der Waals surface area contributed by atoms with Gasteiger partial charge in [0.2, 0.25) is 0 Å². The Morgan fingerprint density at radius 1 is 0.704 bits per heavy atom. The SMILES string of the molecule is Oc1cc(CCNCCCCCCNCCc2ccccc2)cc(F)c1O. The van der Waals surface area contributed by atoms with Crippen LogP contribution in [0.5, 0.6) is 11.5 Å². The van der Waals surface area contributed by atoms with Crippen LogP contribution >= 0.6 is 0 Å². The highest BCUT2D eigenvalue weighted by Crippen LogP contribution is 2.28. The van der Waals surface area contributed by atoms with Crippen molar-refractivity contribution in [2.75, 3.05) is 26.2 Å². The number of phenols is 2. The normalized spacial score (nSPS) is 11.0. The third kappa shape index (κ3) is 8.41. The Balaban J connectivity index is 1.39. The molecule has 0 bridgehead atoms. The molecule has 2 aromatic rings. The number of hydrogen-bond acceptors (Lipinski definition) is 4. The second-order valence-corrected chi connectivity index (χ2v) is 6.85. The maximum absolute atomic E-state index is 13.3. The van der Waals surface area contributed by atoms with E-state index in [9.17, 15) is 14.6 Å². The van der Waals surface area contributed by atoms with Crippen molar-refractivity contribution in [2.24, 2.45) is 0 Å². The van der Waals surface area contributed by atoms with E-state index in [4.69, 9.17) is 0 Å². The van der Waals surface area contributed by atoms with E-state index in [1.807, 2.05) is 6.07 Å². The van der Waals surface area contributed by atoms with Crippen LogP contribution in [-0.4, -0.2) is 36.4 Å². The highest BCUT2D eigenvalue weighted by Gasteiger charge is 2.08. The van der Waals surface area contributed by atoms with Crippen molar-refractivity contribution in [2.45, 2.75) is 38.5 Å². The van der Waals surface area contributed by atoms with Gasteiger partial charge in [-0.1, -0.05) is 43.2 Å². The lowest BCUT2D eigenvalue weighted by atomic mass is 10.1. The molecule has 0 aliphatic carbocycles. The fraction of sp³-hybridized carbons (Fsp3) is 0.455. The quantitative estimate of drug-likeness (QED) is 0.318. The zero-order chi connectivity index (χ0) is 19.3. The van der Waals surface area contributed by atoms with Gasteiger partial charge in [-0.3, -0.25) is 0 Å². The standard InChI is InChI=1S/C22H31FN2O2/c23-20-16-19(17-21(26)22(20)27)11-15-25-13-7-2-1-6-12-24-14-10-18-8-4-3-5-9-18/h3-5,8-9,16-17,24-27H,1-2,6-7,10-15H2. The number of aromatic hydroxyl groups is 2. The summed E-state index contributed by atoms with van der Waals surface area (Å²) in [6, 6.07) is 13.2. The molecule has 0 aliphatic heterocycles. The Hall–Kier alpha value is -2.11. The maximum Gasteiger partial charge on any atom is 0.194 e. The molecular formula is C22H31FN2O2. The average Bonchev–Trinajstić information content (AvgIpc) is 2.67. The fourth-order valence-electron chi connectivity index (χ4n) is 3.00. The van der Waals surface area contributed by atoms with Crippen LogP contribution in [0.4, 0.5) is 4.39 Å². The van der Waals surface area contributed by atoms with Crippen LogP contribution < -0.4 is 10.6 Å². The van der Waals surface area contributed by atoms with Gasteiger partial charge in [-0.05, 0) is 75.1 Å². The largest absolute Gasteiger partial charge is 0.504 e. The molecular weight excluding hydrogens is 343 g/mol. The first kappa shape index (κ1) is 21.2. The lowest BCUT2D eigenvalue weighted by molar-refractivity contribution is 0.378. The van der Waals surface area contributed by atoms with Crippen molar-refractivity contribution >= 4 is 0 Å². The molecule has 0 saturated carbocycles. The lowest BCUT2D eigenvalue weighted by Gasteiger charge is -2.07. The molecule has 0 heterocycles.